The summed E-state index contributed by atoms with van der Waals surface area (Å²) >= 11 is 0. The van der Waals surface area contributed by atoms with E-state index in [4.69, 9.17) is 5.73 Å². The van der Waals surface area contributed by atoms with Crippen molar-refractivity contribution in [2.24, 2.45) is 5.41 Å². The van der Waals surface area contributed by atoms with Gasteiger partial charge in [0.1, 0.15) is 0 Å². The monoisotopic (exact) mass is 292 g/mol. The van der Waals surface area contributed by atoms with Gasteiger partial charge < -0.3 is 10.6 Å². The van der Waals surface area contributed by atoms with Crippen molar-refractivity contribution in [1.29, 1.82) is 0 Å². The lowest BCUT2D eigenvalue weighted by Crippen LogP contribution is -2.41. The fourth-order valence-corrected chi connectivity index (χ4v) is 3.09. The Hall–Kier alpha value is -1.52. The number of aryl methyl sites for hydroxylation is 1. The van der Waals surface area contributed by atoms with Crippen molar-refractivity contribution < 1.29 is 4.79 Å². The second kappa shape index (κ2) is 6.08. The lowest BCUT2D eigenvalue weighted by Gasteiger charge is -2.38. The maximum Gasteiger partial charge on any atom is 0.276 e. The number of H-pyrrole nitrogens is 1. The summed E-state index contributed by atoms with van der Waals surface area (Å²) in [7, 11) is 1.87. The molecular weight excluding hydrogens is 264 g/mol. The van der Waals surface area contributed by atoms with Gasteiger partial charge in [-0.25, -0.2) is 0 Å². The number of nitrogens with two attached hydrogens (primary N) is 1. The van der Waals surface area contributed by atoms with Crippen LogP contribution >= 0.6 is 0 Å². The minimum atomic E-state index is -0.0594. The summed E-state index contributed by atoms with van der Waals surface area (Å²) in [5, 5.41) is 7.04. The van der Waals surface area contributed by atoms with Crippen LogP contribution in [-0.2, 0) is 6.42 Å². The average Bonchev–Trinajstić information content (AvgIpc) is 2.79. The van der Waals surface area contributed by atoms with Crippen LogP contribution in [0.2, 0.25) is 0 Å². The normalized spacial score (nSPS) is 18.7. The number of nitrogens with one attached hydrogen (secondary N) is 1. The molecule has 0 spiro atoms. The zero-order valence-corrected chi connectivity index (χ0v) is 13.7. The Bertz CT molecular complexity index is 496. The van der Waals surface area contributed by atoms with Crippen molar-refractivity contribution in [3.05, 3.63) is 11.4 Å². The quantitative estimate of drug-likeness (QED) is 0.895. The maximum atomic E-state index is 12.6. The molecule has 0 saturated heterocycles. The molecule has 0 radical (unpaired) electrons. The molecule has 0 atom stereocenters. The molecule has 1 aromatic rings. The number of nitrogen functional groups attached to an aromatic ring is 1. The van der Waals surface area contributed by atoms with E-state index in [-0.39, 0.29) is 5.91 Å². The first-order valence-electron chi connectivity index (χ1n) is 7.95. The highest BCUT2D eigenvalue weighted by Crippen LogP contribution is 2.37. The highest BCUT2D eigenvalue weighted by molar-refractivity contribution is 5.97. The highest BCUT2D eigenvalue weighted by Gasteiger charge is 2.32. The first-order valence-corrected chi connectivity index (χ1v) is 7.95. The van der Waals surface area contributed by atoms with Crippen LogP contribution in [0.15, 0.2) is 0 Å². The van der Waals surface area contributed by atoms with Crippen LogP contribution in [-0.4, -0.2) is 34.1 Å². The number of anilines is 1. The van der Waals surface area contributed by atoms with E-state index in [0.717, 1.165) is 44.2 Å². The van der Waals surface area contributed by atoms with Crippen molar-refractivity contribution in [1.82, 2.24) is 15.1 Å². The standard InChI is InChI=1S/C16H28N4O/c1-5-6-12-13(17)14(19-18-12)15(21)20(4)11-7-9-16(2,3)10-8-11/h11H,5-10,17H2,1-4H3,(H,18,19). The minimum absolute atomic E-state index is 0.0594. The van der Waals surface area contributed by atoms with Gasteiger partial charge >= 0.3 is 0 Å². The number of hydrogen-bond acceptors (Lipinski definition) is 3. The molecule has 1 heterocycles. The molecule has 5 nitrogen and oxygen atoms in total. The highest BCUT2D eigenvalue weighted by atomic mass is 16.2. The van der Waals surface area contributed by atoms with E-state index in [1.165, 1.54) is 0 Å². The average molecular weight is 292 g/mol. The molecule has 2 rings (SSSR count). The molecule has 3 N–H and O–H groups in total. The minimum Gasteiger partial charge on any atom is -0.395 e. The second-order valence-electron chi connectivity index (χ2n) is 7.03. The zero-order chi connectivity index (χ0) is 15.6. The number of carbonyl (C=O) groups is 1. The fourth-order valence-electron chi connectivity index (χ4n) is 3.09. The van der Waals surface area contributed by atoms with Crippen molar-refractivity contribution >= 4 is 11.6 Å². The molecule has 5 heteroatoms. The third-order valence-electron chi connectivity index (χ3n) is 4.76. The molecule has 0 bridgehead atoms. The van der Waals surface area contributed by atoms with Crippen LogP contribution in [0.25, 0.3) is 0 Å². The number of nitrogens with zero attached hydrogens (tertiary/aromatic N) is 2. The molecule has 1 aliphatic carbocycles. The molecule has 21 heavy (non-hydrogen) atoms. The van der Waals surface area contributed by atoms with Crippen molar-refractivity contribution in [2.45, 2.75) is 65.3 Å². The summed E-state index contributed by atoms with van der Waals surface area (Å²) in [4.78, 5) is 14.4. The Labute approximate surface area is 127 Å². The summed E-state index contributed by atoms with van der Waals surface area (Å²) in [6.07, 6.45) is 6.24. The molecule has 0 unspecified atom stereocenters. The maximum absolute atomic E-state index is 12.6. The molecule has 1 aliphatic rings. The molecule has 118 valence electrons. The van der Waals surface area contributed by atoms with E-state index in [1.807, 2.05) is 11.9 Å². The first-order chi connectivity index (χ1) is 9.85. The second-order valence-corrected chi connectivity index (χ2v) is 7.03. The Balaban J connectivity index is 2.06. The van der Waals surface area contributed by atoms with E-state index in [9.17, 15) is 4.79 Å². The van der Waals surface area contributed by atoms with Gasteiger partial charge in [0.05, 0.1) is 11.4 Å². The van der Waals surface area contributed by atoms with Gasteiger partial charge in [-0.15, -0.1) is 0 Å². The molecular formula is C16H28N4O. The van der Waals surface area contributed by atoms with E-state index in [1.54, 1.807) is 0 Å². The third kappa shape index (κ3) is 3.39. The molecule has 0 aliphatic heterocycles. The van der Waals surface area contributed by atoms with Crippen molar-refractivity contribution in [3.8, 4) is 0 Å². The van der Waals surface area contributed by atoms with Crippen LogP contribution < -0.4 is 5.73 Å². The number of hydrogen-bond donors (Lipinski definition) is 2. The Morgan fingerprint density at radius 3 is 2.62 bits per heavy atom. The number of amides is 1. The van der Waals surface area contributed by atoms with Gasteiger partial charge in [-0.05, 0) is 37.5 Å². The van der Waals surface area contributed by atoms with Gasteiger partial charge in [0, 0.05) is 13.1 Å². The van der Waals surface area contributed by atoms with E-state index < -0.39 is 0 Å². The number of rotatable bonds is 4. The predicted molar refractivity (Wildman–Crippen MR) is 85.1 cm³/mol. The van der Waals surface area contributed by atoms with Crippen LogP contribution in [0, 0.1) is 5.41 Å². The zero-order valence-electron chi connectivity index (χ0n) is 13.7. The van der Waals surface area contributed by atoms with E-state index in [0.29, 0.717) is 22.8 Å². The Morgan fingerprint density at radius 1 is 1.43 bits per heavy atom. The van der Waals surface area contributed by atoms with Gasteiger partial charge in [-0.2, -0.15) is 5.10 Å². The van der Waals surface area contributed by atoms with Gasteiger partial charge in [0.2, 0.25) is 0 Å². The summed E-state index contributed by atoms with van der Waals surface area (Å²) in [6.45, 7) is 6.68. The molecule has 0 aromatic carbocycles. The van der Waals surface area contributed by atoms with Crippen LogP contribution in [0.1, 0.15) is 69.1 Å². The number of aromatic amines is 1. The Kier molecular flexibility index (Phi) is 4.59. The summed E-state index contributed by atoms with van der Waals surface area (Å²) in [6, 6.07) is 0.302. The lowest BCUT2D eigenvalue weighted by molar-refractivity contribution is 0.0630. The van der Waals surface area contributed by atoms with Crippen molar-refractivity contribution in [2.75, 3.05) is 12.8 Å². The van der Waals surface area contributed by atoms with Gasteiger partial charge in [-0.3, -0.25) is 9.89 Å². The van der Waals surface area contributed by atoms with E-state index in [2.05, 4.69) is 31.0 Å². The Morgan fingerprint density at radius 2 is 2.05 bits per heavy atom. The molecule has 1 amide bonds. The SMILES string of the molecule is CCCc1[nH]nc(C(=O)N(C)C2CCC(C)(C)CC2)c1N. The predicted octanol–water partition coefficient (Wildman–Crippen LogP) is 2.99. The first kappa shape index (κ1) is 15.9. The summed E-state index contributed by atoms with van der Waals surface area (Å²) in [5.41, 5.74) is 8.24. The number of carbonyl (C=O) groups excluding carboxylic acids is 1. The van der Waals surface area contributed by atoms with E-state index >= 15 is 0 Å². The molecule has 1 fully saturated rings. The van der Waals surface area contributed by atoms with Crippen LogP contribution in [0.3, 0.4) is 0 Å². The third-order valence-corrected chi connectivity index (χ3v) is 4.76. The largest absolute Gasteiger partial charge is 0.395 e. The summed E-state index contributed by atoms with van der Waals surface area (Å²) < 4.78 is 0. The van der Waals surface area contributed by atoms with Gasteiger partial charge in [-0.1, -0.05) is 27.2 Å². The van der Waals surface area contributed by atoms with Crippen LogP contribution in [0.5, 0.6) is 0 Å². The fraction of sp³-hybridized carbons (Fsp3) is 0.750. The summed E-state index contributed by atoms with van der Waals surface area (Å²) in [5.74, 6) is -0.0594. The van der Waals surface area contributed by atoms with Crippen LogP contribution in [0.4, 0.5) is 5.69 Å². The topological polar surface area (TPSA) is 75.0 Å². The van der Waals surface area contributed by atoms with Crippen molar-refractivity contribution in [3.63, 3.8) is 0 Å². The molecule has 1 aromatic heterocycles. The van der Waals surface area contributed by atoms with Gasteiger partial charge in [0.15, 0.2) is 5.69 Å². The number of aromatic nitrogens is 2. The smallest absolute Gasteiger partial charge is 0.276 e. The lowest BCUT2D eigenvalue weighted by atomic mass is 9.75. The van der Waals surface area contributed by atoms with Gasteiger partial charge in [0.25, 0.3) is 5.91 Å². The molecule has 1 saturated carbocycles.